The molecule has 1 fully saturated rings. The smallest absolute Gasteiger partial charge is 0.222 e. The number of likely N-dealkylation sites (N-methyl/N-ethyl adjacent to an activating group) is 1. The third-order valence-corrected chi connectivity index (χ3v) is 5.91. The number of hydrogen-bond donors (Lipinski definition) is 1. The Morgan fingerprint density at radius 3 is 2.52 bits per heavy atom. The molecule has 4 rings (SSSR count). The molecule has 0 bridgehead atoms. The van der Waals surface area contributed by atoms with Crippen LogP contribution in [0.3, 0.4) is 0 Å². The number of nitrogens with zero attached hydrogens (tertiary/aromatic N) is 4. The molecular weight excluding hydrogens is 314 g/mol. The molecule has 1 aliphatic heterocycles. The highest BCUT2D eigenvalue weighted by Crippen LogP contribution is 2.42. The maximum Gasteiger partial charge on any atom is 0.222 e. The molecule has 2 aromatic rings. The molecule has 1 aliphatic carbocycles. The Hall–Kier alpha value is -1.82. The van der Waals surface area contributed by atoms with Crippen LogP contribution in [0, 0.1) is 11.3 Å². The van der Waals surface area contributed by atoms with Crippen molar-refractivity contribution in [1.29, 1.82) is 0 Å². The predicted molar refractivity (Wildman–Crippen MR) is 101 cm³/mol. The SMILES string of the molecule is CN1CCN(c2nc(N)nc3c4c(oc23)CCC(C(C)(C)C)C4)CC1. The molecule has 1 unspecified atom stereocenters. The lowest BCUT2D eigenvalue weighted by atomic mass is 9.72. The van der Waals surface area contributed by atoms with Gasteiger partial charge < -0.3 is 20.0 Å². The van der Waals surface area contributed by atoms with Crippen LogP contribution in [0.5, 0.6) is 0 Å². The second-order valence-corrected chi connectivity index (χ2v) is 8.68. The Morgan fingerprint density at radius 1 is 1.12 bits per heavy atom. The third kappa shape index (κ3) is 2.97. The minimum absolute atomic E-state index is 0.292. The summed E-state index contributed by atoms with van der Waals surface area (Å²) in [5, 5.41) is 0. The molecule has 0 radical (unpaired) electrons. The van der Waals surface area contributed by atoms with Gasteiger partial charge in [-0.25, -0.2) is 4.98 Å². The fourth-order valence-electron chi connectivity index (χ4n) is 4.11. The highest BCUT2D eigenvalue weighted by molar-refractivity contribution is 5.89. The van der Waals surface area contributed by atoms with Crippen molar-refractivity contribution in [3.63, 3.8) is 0 Å². The number of nitrogens with two attached hydrogens (primary N) is 1. The van der Waals surface area contributed by atoms with Crippen LogP contribution in [0.15, 0.2) is 4.42 Å². The van der Waals surface area contributed by atoms with Crippen molar-refractivity contribution in [3.05, 3.63) is 11.3 Å². The second kappa shape index (κ2) is 5.87. The summed E-state index contributed by atoms with van der Waals surface area (Å²) in [6.45, 7) is 10.9. The van der Waals surface area contributed by atoms with E-state index < -0.39 is 0 Å². The van der Waals surface area contributed by atoms with E-state index in [2.05, 4.69) is 47.6 Å². The van der Waals surface area contributed by atoms with Crippen LogP contribution in [0.25, 0.3) is 11.1 Å². The quantitative estimate of drug-likeness (QED) is 0.858. The molecule has 2 aromatic heterocycles. The van der Waals surface area contributed by atoms with Crippen LogP contribution >= 0.6 is 0 Å². The Kier molecular flexibility index (Phi) is 3.90. The largest absolute Gasteiger partial charge is 0.455 e. The van der Waals surface area contributed by atoms with Gasteiger partial charge in [-0.3, -0.25) is 0 Å². The number of aryl methyl sites for hydroxylation is 1. The third-order valence-electron chi connectivity index (χ3n) is 5.91. The predicted octanol–water partition coefficient (Wildman–Crippen LogP) is 2.71. The van der Waals surface area contributed by atoms with Crippen LogP contribution in [0.2, 0.25) is 0 Å². The fraction of sp³-hybridized carbons (Fsp3) is 0.684. The van der Waals surface area contributed by atoms with Crippen molar-refractivity contribution in [3.8, 4) is 0 Å². The molecule has 0 spiro atoms. The van der Waals surface area contributed by atoms with Gasteiger partial charge in [-0.1, -0.05) is 20.8 Å². The summed E-state index contributed by atoms with van der Waals surface area (Å²) in [5.41, 5.74) is 9.38. The molecule has 1 atom stereocenters. The van der Waals surface area contributed by atoms with Crippen molar-refractivity contribution in [2.45, 2.75) is 40.0 Å². The van der Waals surface area contributed by atoms with Crippen molar-refractivity contribution >= 4 is 22.9 Å². The first-order chi connectivity index (χ1) is 11.8. The van der Waals surface area contributed by atoms with Gasteiger partial charge in [-0.2, -0.15) is 4.98 Å². The molecule has 1 saturated heterocycles. The zero-order chi connectivity index (χ0) is 17.8. The monoisotopic (exact) mass is 343 g/mol. The zero-order valence-corrected chi connectivity index (χ0v) is 15.8. The van der Waals surface area contributed by atoms with Crippen LogP contribution in [0.1, 0.15) is 38.5 Å². The first kappa shape index (κ1) is 16.6. The van der Waals surface area contributed by atoms with Gasteiger partial charge >= 0.3 is 0 Å². The van der Waals surface area contributed by atoms with Gasteiger partial charge in [0.1, 0.15) is 11.3 Å². The van der Waals surface area contributed by atoms with Crippen molar-refractivity contribution in [1.82, 2.24) is 14.9 Å². The average Bonchev–Trinajstić information content (AvgIpc) is 2.92. The summed E-state index contributed by atoms with van der Waals surface area (Å²) in [7, 11) is 2.15. The highest BCUT2D eigenvalue weighted by atomic mass is 16.3. The average molecular weight is 343 g/mol. The normalized spacial score (nSPS) is 22.4. The van der Waals surface area contributed by atoms with Gasteiger partial charge in [-0.05, 0) is 31.2 Å². The van der Waals surface area contributed by atoms with E-state index in [-0.39, 0.29) is 0 Å². The molecule has 3 heterocycles. The topological polar surface area (TPSA) is 71.4 Å². The number of hydrogen-bond acceptors (Lipinski definition) is 6. The Balaban J connectivity index is 1.76. The first-order valence-electron chi connectivity index (χ1n) is 9.34. The lowest BCUT2D eigenvalue weighted by molar-refractivity contribution is 0.210. The number of piperazine rings is 1. The standard InChI is InChI=1S/C19H29N5O/c1-19(2,3)12-5-6-14-13(11-12)15-16(25-14)17(22-18(20)21-15)24-9-7-23(4)8-10-24/h12H,5-11H2,1-4H3,(H2,20,21,22). The number of furan rings is 1. The zero-order valence-electron chi connectivity index (χ0n) is 15.8. The van der Waals surface area contributed by atoms with E-state index in [0.717, 1.165) is 61.7 Å². The maximum atomic E-state index is 6.28. The van der Waals surface area contributed by atoms with E-state index >= 15 is 0 Å². The van der Waals surface area contributed by atoms with Gasteiger partial charge in [0.2, 0.25) is 5.95 Å². The van der Waals surface area contributed by atoms with Gasteiger partial charge in [0.15, 0.2) is 11.4 Å². The molecule has 0 amide bonds. The lowest BCUT2D eigenvalue weighted by Gasteiger charge is -2.33. The van der Waals surface area contributed by atoms with Gasteiger partial charge in [0.25, 0.3) is 0 Å². The second-order valence-electron chi connectivity index (χ2n) is 8.68. The number of anilines is 2. The summed E-state index contributed by atoms with van der Waals surface area (Å²) in [6.07, 6.45) is 3.17. The summed E-state index contributed by atoms with van der Waals surface area (Å²) in [4.78, 5) is 13.7. The number of aromatic nitrogens is 2. The van der Waals surface area contributed by atoms with Crippen LogP contribution in [-0.4, -0.2) is 48.1 Å². The van der Waals surface area contributed by atoms with E-state index in [1.807, 2.05) is 0 Å². The van der Waals surface area contributed by atoms with Crippen LogP contribution < -0.4 is 10.6 Å². The van der Waals surface area contributed by atoms with E-state index in [0.29, 0.717) is 17.3 Å². The van der Waals surface area contributed by atoms with Gasteiger partial charge in [-0.15, -0.1) is 0 Å². The van der Waals surface area contributed by atoms with E-state index in [1.165, 1.54) is 12.0 Å². The van der Waals surface area contributed by atoms with Crippen LogP contribution in [-0.2, 0) is 12.8 Å². The van der Waals surface area contributed by atoms with Crippen LogP contribution in [0.4, 0.5) is 11.8 Å². The molecular formula is C19H29N5O. The van der Waals surface area contributed by atoms with Gasteiger partial charge in [0.05, 0.1) is 0 Å². The Morgan fingerprint density at radius 2 is 1.84 bits per heavy atom. The minimum atomic E-state index is 0.292. The number of fused-ring (bicyclic) bond motifs is 3. The molecule has 136 valence electrons. The molecule has 2 N–H and O–H groups in total. The Bertz CT molecular complexity index is 783. The van der Waals surface area contributed by atoms with Crippen molar-refractivity contribution in [2.24, 2.45) is 11.3 Å². The molecule has 6 heteroatoms. The van der Waals surface area contributed by atoms with E-state index in [1.54, 1.807) is 0 Å². The first-order valence-corrected chi connectivity index (χ1v) is 9.34. The molecule has 6 nitrogen and oxygen atoms in total. The Labute approximate surface area is 149 Å². The molecule has 0 aromatic carbocycles. The fourth-order valence-corrected chi connectivity index (χ4v) is 4.11. The summed E-state index contributed by atoms with van der Waals surface area (Å²) >= 11 is 0. The van der Waals surface area contributed by atoms with Gasteiger partial charge in [0, 0.05) is 38.2 Å². The number of rotatable bonds is 1. The molecule has 25 heavy (non-hydrogen) atoms. The van der Waals surface area contributed by atoms with Crippen molar-refractivity contribution in [2.75, 3.05) is 43.9 Å². The maximum absolute atomic E-state index is 6.28. The van der Waals surface area contributed by atoms with E-state index in [9.17, 15) is 0 Å². The molecule has 2 aliphatic rings. The van der Waals surface area contributed by atoms with Crippen molar-refractivity contribution < 1.29 is 4.42 Å². The lowest BCUT2D eigenvalue weighted by Crippen LogP contribution is -2.45. The minimum Gasteiger partial charge on any atom is -0.455 e. The highest BCUT2D eigenvalue weighted by Gasteiger charge is 2.33. The van der Waals surface area contributed by atoms with E-state index in [4.69, 9.17) is 10.2 Å². The molecule has 0 saturated carbocycles. The number of nitrogen functional groups attached to an aromatic ring is 1. The summed E-state index contributed by atoms with van der Waals surface area (Å²) in [5.74, 6) is 2.95. The summed E-state index contributed by atoms with van der Waals surface area (Å²) < 4.78 is 6.28. The summed E-state index contributed by atoms with van der Waals surface area (Å²) in [6, 6.07) is 0.